The fourth-order valence-electron chi connectivity index (χ4n) is 2.61. The van der Waals surface area contributed by atoms with Gasteiger partial charge >= 0.3 is 0 Å². The van der Waals surface area contributed by atoms with E-state index < -0.39 is 0 Å². The molecule has 0 spiro atoms. The van der Waals surface area contributed by atoms with Gasteiger partial charge in [-0.15, -0.1) is 0 Å². The van der Waals surface area contributed by atoms with Gasteiger partial charge < -0.3 is 10.6 Å². The molecule has 1 aromatic carbocycles. The van der Waals surface area contributed by atoms with Crippen LogP contribution in [0.5, 0.6) is 0 Å². The van der Waals surface area contributed by atoms with Gasteiger partial charge in [0.15, 0.2) is 0 Å². The Balaban J connectivity index is 1.78. The molecule has 0 saturated heterocycles. The molecular weight excluding hydrogens is 260 g/mol. The van der Waals surface area contributed by atoms with Crippen molar-refractivity contribution in [1.29, 1.82) is 0 Å². The van der Waals surface area contributed by atoms with E-state index in [1.165, 1.54) is 12.8 Å². The van der Waals surface area contributed by atoms with Crippen molar-refractivity contribution in [2.75, 3.05) is 13.1 Å². The van der Waals surface area contributed by atoms with Crippen molar-refractivity contribution in [1.82, 2.24) is 4.90 Å². The van der Waals surface area contributed by atoms with Crippen LogP contribution in [0.25, 0.3) is 0 Å². The van der Waals surface area contributed by atoms with Crippen LogP contribution in [0, 0.1) is 24.7 Å². The molecule has 2 saturated carbocycles. The summed E-state index contributed by atoms with van der Waals surface area (Å²) < 4.78 is 0. The largest absolute Gasteiger partial charge is 0.335 e. The summed E-state index contributed by atoms with van der Waals surface area (Å²) in [6, 6.07) is 6.28. The molecule has 110 valence electrons. The van der Waals surface area contributed by atoms with Crippen LogP contribution >= 0.6 is 0 Å². The molecule has 2 fully saturated rings. The van der Waals surface area contributed by atoms with Gasteiger partial charge in [-0.2, -0.15) is 0 Å². The van der Waals surface area contributed by atoms with E-state index in [0.717, 1.165) is 42.0 Å². The van der Waals surface area contributed by atoms with Crippen molar-refractivity contribution < 1.29 is 4.79 Å². The van der Waals surface area contributed by atoms with Crippen LogP contribution in [0.2, 0.25) is 0 Å². The van der Waals surface area contributed by atoms with Gasteiger partial charge in [0.2, 0.25) is 0 Å². The predicted molar refractivity (Wildman–Crippen MR) is 83.9 cm³/mol. The van der Waals surface area contributed by atoms with Crippen molar-refractivity contribution in [3.63, 3.8) is 0 Å². The van der Waals surface area contributed by atoms with E-state index in [-0.39, 0.29) is 5.91 Å². The first kappa shape index (κ1) is 14.2. The molecule has 0 radical (unpaired) electrons. The average Bonchev–Trinajstić information content (AvgIpc) is 3.36. The molecule has 0 bridgehead atoms. The Morgan fingerprint density at radius 1 is 1.33 bits per heavy atom. The second kappa shape index (κ2) is 5.91. The zero-order chi connectivity index (χ0) is 14.8. The first-order chi connectivity index (χ1) is 10.2. The summed E-state index contributed by atoms with van der Waals surface area (Å²) in [7, 11) is 0. The highest BCUT2D eigenvalue weighted by Gasteiger charge is 2.36. The number of nitrogens with zero attached hydrogens (tertiary/aromatic N) is 1. The third kappa shape index (κ3) is 3.46. The standard InChI is InChI=1S/C18H22N2O/c1-13-11-16(7-6-15(13)3-2-10-19)18(21)20(17-8-9-17)12-14-4-5-14/h6-7,11,14,17H,4-5,8-10,12,19H2,1H3. The lowest BCUT2D eigenvalue weighted by Gasteiger charge is -2.22. The van der Waals surface area contributed by atoms with Crippen molar-refractivity contribution in [2.24, 2.45) is 11.7 Å². The molecule has 1 aromatic rings. The molecule has 21 heavy (non-hydrogen) atoms. The fraction of sp³-hybridized carbons (Fsp3) is 0.500. The Labute approximate surface area is 126 Å². The normalized spacial score (nSPS) is 17.0. The number of amides is 1. The van der Waals surface area contributed by atoms with Crippen molar-refractivity contribution >= 4 is 5.91 Å². The molecule has 0 aromatic heterocycles. The maximum Gasteiger partial charge on any atom is 0.254 e. The summed E-state index contributed by atoms with van der Waals surface area (Å²) in [5.74, 6) is 6.83. The SMILES string of the molecule is Cc1cc(C(=O)N(CC2CC2)C2CC2)ccc1C#CCN. The third-order valence-electron chi connectivity index (χ3n) is 4.20. The lowest BCUT2D eigenvalue weighted by atomic mass is 10.0. The van der Waals surface area contributed by atoms with Gasteiger partial charge in [0.25, 0.3) is 5.91 Å². The predicted octanol–water partition coefficient (Wildman–Crippen LogP) is 2.32. The highest BCUT2D eigenvalue weighted by molar-refractivity contribution is 5.95. The maximum absolute atomic E-state index is 12.7. The minimum atomic E-state index is 0.186. The highest BCUT2D eigenvalue weighted by atomic mass is 16.2. The van der Waals surface area contributed by atoms with Crippen LogP contribution in [-0.2, 0) is 0 Å². The zero-order valence-electron chi connectivity index (χ0n) is 12.6. The Morgan fingerprint density at radius 3 is 2.67 bits per heavy atom. The van der Waals surface area contributed by atoms with Crippen molar-refractivity contribution in [2.45, 2.75) is 38.6 Å². The summed E-state index contributed by atoms with van der Waals surface area (Å²) >= 11 is 0. The van der Waals surface area contributed by atoms with Gasteiger partial charge in [-0.1, -0.05) is 11.8 Å². The van der Waals surface area contributed by atoms with Gasteiger partial charge in [0.05, 0.1) is 6.54 Å². The van der Waals surface area contributed by atoms with E-state index in [9.17, 15) is 4.79 Å². The lowest BCUT2D eigenvalue weighted by molar-refractivity contribution is 0.0734. The lowest BCUT2D eigenvalue weighted by Crippen LogP contribution is -2.34. The molecule has 0 atom stereocenters. The Kier molecular flexibility index (Phi) is 3.98. The van der Waals surface area contributed by atoms with Gasteiger partial charge in [0.1, 0.15) is 0 Å². The summed E-state index contributed by atoms with van der Waals surface area (Å²) in [4.78, 5) is 14.8. The second-order valence-electron chi connectivity index (χ2n) is 6.17. The van der Waals surface area contributed by atoms with Gasteiger partial charge in [0, 0.05) is 23.7 Å². The van der Waals surface area contributed by atoms with E-state index in [1.807, 2.05) is 25.1 Å². The molecule has 3 rings (SSSR count). The number of carbonyl (C=O) groups is 1. The van der Waals surface area contributed by atoms with E-state index in [2.05, 4.69) is 16.7 Å². The third-order valence-corrected chi connectivity index (χ3v) is 4.20. The number of nitrogens with two attached hydrogens (primary N) is 1. The molecule has 3 heteroatoms. The smallest absolute Gasteiger partial charge is 0.254 e. The van der Waals surface area contributed by atoms with Crippen LogP contribution in [0.4, 0.5) is 0 Å². The molecule has 1 amide bonds. The average molecular weight is 282 g/mol. The first-order valence-corrected chi connectivity index (χ1v) is 7.79. The molecular formula is C18H22N2O. The van der Waals surface area contributed by atoms with Gasteiger partial charge in [-0.25, -0.2) is 0 Å². The number of hydrogen-bond acceptors (Lipinski definition) is 2. The van der Waals surface area contributed by atoms with Crippen molar-refractivity contribution in [3.05, 3.63) is 34.9 Å². The highest BCUT2D eigenvalue weighted by Crippen LogP contribution is 2.35. The van der Waals surface area contributed by atoms with Gasteiger partial charge in [-0.3, -0.25) is 4.79 Å². The molecule has 0 unspecified atom stereocenters. The van der Waals surface area contributed by atoms with Crippen LogP contribution < -0.4 is 5.73 Å². The molecule has 0 aliphatic heterocycles. The van der Waals surface area contributed by atoms with Crippen LogP contribution in [-0.4, -0.2) is 29.9 Å². The fourth-order valence-corrected chi connectivity index (χ4v) is 2.61. The second-order valence-corrected chi connectivity index (χ2v) is 6.17. The molecule has 2 N–H and O–H groups in total. The van der Waals surface area contributed by atoms with E-state index in [4.69, 9.17) is 5.73 Å². The Hall–Kier alpha value is -1.79. The van der Waals surface area contributed by atoms with Crippen molar-refractivity contribution in [3.8, 4) is 11.8 Å². The van der Waals surface area contributed by atoms with E-state index in [1.54, 1.807) is 0 Å². The number of rotatable bonds is 4. The molecule has 3 nitrogen and oxygen atoms in total. The van der Waals surface area contributed by atoms with Crippen LogP contribution in [0.3, 0.4) is 0 Å². The van der Waals surface area contributed by atoms with E-state index >= 15 is 0 Å². The summed E-state index contributed by atoms with van der Waals surface area (Å²) in [6.45, 7) is 3.30. The summed E-state index contributed by atoms with van der Waals surface area (Å²) in [6.07, 6.45) is 4.89. The minimum absolute atomic E-state index is 0.186. The molecule has 0 heterocycles. The van der Waals surface area contributed by atoms with Crippen LogP contribution in [0.1, 0.15) is 47.2 Å². The Morgan fingerprint density at radius 2 is 2.10 bits per heavy atom. The number of carbonyl (C=O) groups excluding carboxylic acids is 1. The first-order valence-electron chi connectivity index (χ1n) is 7.79. The quantitative estimate of drug-likeness (QED) is 0.862. The zero-order valence-corrected chi connectivity index (χ0v) is 12.6. The number of hydrogen-bond donors (Lipinski definition) is 1. The minimum Gasteiger partial charge on any atom is -0.335 e. The monoisotopic (exact) mass is 282 g/mol. The molecule has 2 aliphatic rings. The Bertz CT molecular complexity index is 603. The van der Waals surface area contributed by atoms with E-state index in [0.29, 0.717) is 12.6 Å². The number of aryl methyl sites for hydroxylation is 1. The summed E-state index contributed by atoms with van der Waals surface area (Å²) in [5, 5.41) is 0. The van der Waals surface area contributed by atoms with Gasteiger partial charge in [-0.05, 0) is 62.3 Å². The summed E-state index contributed by atoms with van der Waals surface area (Å²) in [5.41, 5.74) is 8.19. The maximum atomic E-state index is 12.7. The number of benzene rings is 1. The topological polar surface area (TPSA) is 46.3 Å². The molecule has 2 aliphatic carbocycles. The van der Waals surface area contributed by atoms with Crippen LogP contribution in [0.15, 0.2) is 18.2 Å².